The molecular formula is C33H28N2O3. The Labute approximate surface area is 222 Å². The van der Waals surface area contributed by atoms with Crippen LogP contribution in [-0.2, 0) is 4.74 Å². The van der Waals surface area contributed by atoms with E-state index in [2.05, 4.69) is 34.9 Å². The summed E-state index contributed by atoms with van der Waals surface area (Å²) in [5.41, 5.74) is 7.35. The van der Waals surface area contributed by atoms with Crippen molar-refractivity contribution in [2.75, 3.05) is 13.7 Å². The number of rotatable bonds is 8. The SMILES string of the molecule is CCOC(=O)c1ccc(-n2c(-c3ccccc3)cc(C=Nc3cccc(OC)c3)c2-c2ccccc2)cc1. The molecule has 0 spiro atoms. The number of carbonyl (C=O) groups is 1. The highest BCUT2D eigenvalue weighted by Gasteiger charge is 2.19. The lowest BCUT2D eigenvalue weighted by molar-refractivity contribution is 0.0526. The minimum absolute atomic E-state index is 0.329. The summed E-state index contributed by atoms with van der Waals surface area (Å²) in [6.45, 7) is 2.14. The highest BCUT2D eigenvalue weighted by molar-refractivity contribution is 5.95. The molecule has 0 saturated heterocycles. The second kappa shape index (κ2) is 11.4. The van der Waals surface area contributed by atoms with Gasteiger partial charge in [0.2, 0.25) is 0 Å². The van der Waals surface area contributed by atoms with Crippen LogP contribution in [0.3, 0.4) is 0 Å². The Balaban J connectivity index is 1.71. The van der Waals surface area contributed by atoms with Crippen molar-refractivity contribution in [2.45, 2.75) is 6.92 Å². The van der Waals surface area contributed by atoms with E-state index in [-0.39, 0.29) is 5.97 Å². The van der Waals surface area contributed by atoms with Crippen molar-refractivity contribution >= 4 is 17.9 Å². The van der Waals surface area contributed by atoms with Crippen LogP contribution in [0.5, 0.6) is 5.75 Å². The molecule has 4 aromatic carbocycles. The van der Waals surface area contributed by atoms with Gasteiger partial charge in [-0.3, -0.25) is 4.99 Å². The van der Waals surface area contributed by atoms with Crippen molar-refractivity contribution in [1.29, 1.82) is 0 Å². The van der Waals surface area contributed by atoms with E-state index in [0.717, 1.165) is 45.2 Å². The molecular weight excluding hydrogens is 472 g/mol. The van der Waals surface area contributed by atoms with Gasteiger partial charge in [0, 0.05) is 23.5 Å². The van der Waals surface area contributed by atoms with Gasteiger partial charge in [0.05, 0.1) is 36.4 Å². The van der Waals surface area contributed by atoms with Gasteiger partial charge in [-0.05, 0) is 60.5 Å². The molecule has 0 aliphatic carbocycles. The zero-order chi connectivity index (χ0) is 26.3. The Morgan fingerprint density at radius 2 is 1.50 bits per heavy atom. The summed E-state index contributed by atoms with van der Waals surface area (Å²) in [7, 11) is 1.65. The van der Waals surface area contributed by atoms with Crippen molar-refractivity contribution in [3.05, 3.63) is 126 Å². The van der Waals surface area contributed by atoms with Crippen molar-refractivity contribution < 1.29 is 14.3 Å². The Morgan fingerprint density at radius 1 is 0.816 bits per heavy atom. The number of ether oxygens (including phenoxy) is 2. The summed E-state index contributed by atoms with van der Waals surface area (Å²) < 4.78 is 12.8. The maximum atomic E-state index is 12.3. The second-order valence-electron chi connectivity index (χ2n) is 8.63. The van der Waals surface area contributed by atoms with Crippen molar-refractivity contribution in [2.24, 2.45) is 4.99 Å². The zero-order valence-electron chi connectivity index (χ0n) is 21.4. The van der Waals surface area contributed by atoms with Crippen molar-refractivity contribution in [1.82, 2.24) is 4.57 Å². The molecule has 0 unspecified atom stereocenters. The van der Waals surface area contributed by atoms with Gasteiger partial charge in [-0.25, -0.2) is 4.79 Å². The van der Waals surface area contributed by atoms with Crippen LogP contribution in [-0.4, -0.2) is 30.5 Å². The monoisotopic (exact) mass is 500 g/mol. The van der Waals surface area contributed by atoms with Crippen LogP contribution in [0.1, 0.15) is 22.8 Å². The maximum absolute atomic E-state index is 12.3. The van der Waals surface area contributed by atoms with E-state index < -0.39 is 0 Å². The number of aromatic nitrogens is 1. The molecule has 0 atom stereocenters. The number of benzene rings is 4. The lowest BCUT2D eigenvalue weighted by atomic mass is 10.1. The standard InChI is InChI=1S/C33H28N2O3/c1-3-38-33(36)26-17-19-29(20-18-26)35-31(24-11-6-4-7-12-24)21-27(32(35)25-13-8-5-9-14-25)23-34-28-15-10-16-30(22-28)37-2/h4-23H,3H2,1-2H3. The van der Waals surface area contributed by atoms with Gasteiger partial charge < -0.3 is 14.0 Å². The molecule has 5 aromatic rings. The highest BCUT2D eigenvalue weighted by atomic mass is 16.5. The molecule has 188 valence electrons. The number of aliphatic imine (C=N–C) groups is 1. The Bertz CT molecular complexity index is 1550. The fourth-order valence-corrected chi connectivity index (χ4v) is 4.41. The third-order valence-corrected chi connectivity index (χ3v) is 6.19. The molecule has 0 radical (unpaired) electrons. The smallest absolute Gasteiger partial charge is 0.338 e. The molecule has 38 heavy (non-hydrogen) atoms. The fourth-order valence-electron chi connectivity index (χ4n) is 4.41. The quantitative estimate of drug-likeness (QED) is 0.162. The molecule has 0 saturated carbocycles. The molecule has 0 amide bonds. The number of esters is 1. The van der Waals surface area contributed by atoms with Crippen molar-refractivity contribution in [3.8, 4) is 34.0 Å². The number of carbonyl (C=O) groups excluding carboxylic acids is 1. The first-order valence-electron chi connectivity index (χ1n) is 12.5. The number of methoxy groups -OCH3 is 1. The lowest BCUT2D eigenvalue weighted by Gasteiger charge is -2.15. The third-order valence-electron chi connectivity index (χ3n) is 6.19. The van der Waals surface area contributed by atoms with E-state index in [1.165, 1.54) is 0 Å². The number of hydrogen-bond acceptors (Lipinski definition) is 4. The van der Waals surface area contributed by atoms with Gasteiger partial charge in [0.1, 0.15) is 5.75 Å². The number of nitrogens with zero attached hydrogens (tertiary/aromatic N) is 2. The first-order chi connectivity index (χ1) is 18.7. The van der Waals surface area contributed by atoms with Crippen LogP contribution in [0.4, 0.5) is 5.69 Å². The topological polar surface area (TPSA) is 52.8 Å². The summed E-state index contributed by atoms with van der Waals surface area (Å²) in [4.78, 5) is 17.1. The van der Waals surface area contributed by atoms with E-state index in [1.807, 2.05) is 79.0 Å². The molecule has 0 N–H and O–H groups in total. The average Bonchev–Trinajstić information content (AvgIpc) is 3.37. The van der Waals surface area contributed by atoms with E-state index >= 15 is 0 Å². The number of hydrogen-bond donors (Lipinski definition) is 0. The molecule has 5 nitrogen and oxygen atoms in total. The summed E-state index contributed by atoms with van der Waals surface area (Å²) in [6.07, 6.45) is 1.90. The molecule has 1 heterocycles. The van der Waals surface area contributed by atoms with Gasteiger partial charge in [-0.2, -0.15) is 0 Å². The molecule has 1 aromatic heterocycles. The summed E-state index contributed by atoms with van der Waals surface area (Å²) in [5, 5.41) is 0. The minimum Gasteiger partial charge on any atom is -0.497 e. The van der Waals surface area contributed by atoms with Gasteiger partial charge in [-0.1, -0.05) is 66.7 Å². The largest absolute Gasteiger partial charge is 0.497 e. The lowest BCUT2D eigenvalue weighted by Crippen LogP contribution is -2.05. The van der Waals surface area contributed by atoms with Crippen molar-refractivity contribution in [3.63, 3.8) is 0 Å². The van der Waals surface area contributed by atoms with Crippen LogP contribution in [0.2, 0.25) is 0 Å². The normalized spacial score (nSPS) is 11.0. The molecule has 0 bridgehead atoms. The molecule has 5 rings (SSSR count). The second-order valence-corrected chi connectivity index (χ2v) is 8.63. The van der Waals surface area contributed by atoms with E-state index in [1.54, 1.807) is 26.2 Å². The van der Waals surface area contributed by atoms with Crippen LogP contribution in [0.25, 0.3) is 28.2 Å². The highest BCUT2D eigenvalue weighted by Crippen LogP contribution is 2.36. The molecule has 5 heteroatoms. The zero-order valence-corrected chi connectivity index (χ0v) is 21.4. The Kier molecular flexibility index (Phi) is 7.46. The first-order valence-corrected chi connectivity index (χ1v) is 12.5. The molecule has 0 aliphatic rings. The van der Waals surface area contributed by atoms with Crippen LogP contribution >= 0.6 is 0 Å². The molecule has 0 aliphatic heterocycles. The fraction of sp³-hybridized carbons (Fsp3) is 0.0909. The van der Waals surface area contributed by atoms with E-state index in [0.29, 0.717) is 12.2 Å². The Morgan fingerprint density at radius 3 is 2.16 bits per heavy atom. The van der Waals surface area contributed by atoms with Gasteiger partial charge >= 0.3 is 5.97 Å². The Hall–Kier alpha value is -4.90. The van der Waals surface area contributed by atoms with Gasteiger partial charge in [0.25, 0.3) is 0 Å². The predicted octanol–water partition coefficient (Wildman–Crippen LogP) is 7.75. The van der Waals surface area contributed by atoms with Crippen LogP contribution < -0.4 is 4.74 Å². The van der Waals surface area contributed by atoms with Crippen LogP contribution in [0, 0.1) is 0 Å². The van der Waals surface area contributed by atoms with Gasteiger partial charge in [-0.15, -0.1) is 0 Å². The van der Waals surface area contributed by atoms with Crippen LogP contribution in [0.15, 0.2) is 120 Å². The summed E-state index contributed by atoms with van der Waals surface area (Å²) >= 11 is 0. The molecule has 0 fully saturated rings. The van der Waals surface area contributed by atoms with E-state index in [4.69, 9.17) is 14.5 Å². The first kappa shape index (κ1) is 24.8. The maximum Gasteiger partial charge on any atom is 0.338 e. The minimum atomic E-state index is -0.329. The van der Waals surface area contributed by atoms with Gasteiger partial charge in [0.15, 0.2) is 0 Å². The third kappa shape index (κ3) is 5.27. The summed E-state index contributed by atoms with van der Waals surface area (Å²) in [6, 6.07) is 37.9. The van der Waals surface area contributed by atoms with E-state index in [9.17, 15) is 4.79 Å². The predicted molar refractivity (Wildman–Crippen MR) is 153 cm³/mol. The summed E-state index contributed by atoms with van der Waals surface area (Å²) in [5.74, 6) is 0.427. The average molecular weight is 501 g/mol.